The van der Waals surface area contributed by atoms with E-state index in [0.29, 0.717) is 11.2 Å². The van der Waals surface area contributed by atoms with Crippen LogP contribution in [0.1, 0.15) is 6.92 Å². The summed E-state index contributed by atoms with van der Waals surface area (Å²) in [6.07, 6.45) is 1.54. The number of fused-ring (bicyclic) bond motifs is 1. The second kappa shape index (κ2) is 3.64. The molecule has 0 saturated carbocycles. The van der Waals surface area contributed by atoms with Gasteiger partial charge in [0.05, 0.1) is 18.4 Å². The molecule has 0 aliphatic heterocycles. The van der Waals surface area contributed by atoms with Gasteiger partial charge in [-0.3, -0.25) is 9.36 Å². The molecule has 0 bridgehead atoms. The van der Waals surface area contributed by atoms with Crippen molar-refractivity contribution in [1.29, 1.82) is 0 Å². The first kappa shape index (κ1) is 8.97. The zero-order valence-electron chi connectivity index (χ0n) is 7.65. The molecule has 0 amide bonds. The molecule has 0 saturated heterocycles. The van der Waals surface area contributed by atoms with E-state index in [0.717, 1.165) is 5.52 Å². The van der Waals surface area contributed by atoms with Gasteiger partial charge in [0.25, 0.3) is 5.56 Å². The fourth-order valence-electron chi connectivity index (χ4n) is 1.16. The Morgan fingerprint density at radius 1 is 1.64 bits per heavy atom. The van der Waals surface area contributed by atoms with Crippen LogP contribution in [-0.2, 0) is 6.54 Å². The van der Waals surface area contributed by atoms with Gasteiger partial charge >= 0.3 is 0 Å². The van der Waals surface area contributed by atoms with Crippen molar-refractivity contribution >= 4 is 21.6 Å². The first-order valence-corrected chi connectivity index (χ1v) is 5.03. The lowest BCUT2D eigenvalue weighted by Gasteiger charge is -1.98. The molecule has 0 radical (unpaired) electrons. The Labute approximate surface area is 85.0 Å². The van der Waals surface area contributed by atoms with Crippen LogP contribution in [0.5, 0.6) is 0 Å². The summed E-state index contributed by atoms with van der Waals surface area (Å²) in [5.74, 6) is 5.59. The smallest absolute Gasteiger partial charge is 0.272 e. The number of hydrogen-bond donors (Lipinski definition) is 0. The Kier molecular flexibility index (Phi) is 2.33. The van der Waals surface area contributed by atoms with Crippen LogP contribution in [0.15, 0.2) is 22.6 Å². The van der Waals surface area contributed by atoms with Crippen LogP contribution in [-0.4, -0.2) is 9.55 Å². The Morgan fingerprint density at radius 3 is 3.29 bits per heavy atom. The first-order chi connectivity index (χ1) is 6.83. The Morgan fingerprint density at radius 2 is 2.50 bits per heavy atom. The summed E-state index contributed by atoms with van der Waals surface area (Å²) >= 11 is 1.42. The zero-order chi connectivity index (χ0) is 9.97. The van der Waals surface area contributed by atoms with Crippen molar-refractivity contribution in [3.05, 3.63) is 28.1 Å². The van der Waals surface area contributed by atoms with Crippen molar-refractivity contribution in [2.24, 2.45) is 0 Å². The van der Waals surface area contributed by atoms with Crippen LogP contribution in [0.3, 0.4) is 0 Å². The highest BCUT2D eigenvalue weighted by atomic mass is 32.1. The summed E-state index contributed by atoms with van der Waals surface area (Å²) < 4.78 is 2.22. The lowest BCUT2D eigenvalue weighted by molar-refractivity contribution is 0.784. The Hall–Kier alpha value is -1.60. The minimum Gasteiger partial charge on any atom is -0.286 e. The van der Waals surface area contributed by atoms with Crippen molar-refractivity contribution in [1.82, 2.24) is 9.55 Å². The monoisotopic (exact) mass is 204 g/mol. The average Bonchev–Trinajstić information content (AvgIpc) is 2.66. The second-order valence-electron chi connectivity index (χ2n) is 2.74. The molecule has 0 N–H and O–H groups in total. The Balaban J connectivity index is 2.60. The number of rotatable bonds is 1. The van der Waals surface area contributed by atoms with Crippen LogP contribution in [0.25, 0.3) is 10.2 Å². The molecule has 0 fully saturated rings. The van der Waals surface area contributed by atoms with Gasteiger partial charge < -0.3 is 0 Å². The van der Waals surface area contributed by atoms with Crippen LogP contribution < -0.4 is 5.56 Å². The molecule has 2 heterocycles. The van der Waals surface area contributed by atoms with Crippen LogP contribution >= 0.6 is 11.3 Å². The van der Waals surface area contributed by atoms with E-state index in [1.54, 1.807) is 13.3 Å². The molecule has 0 unspecified atom stereocenters. The van der Waals surface area contributed by atoms with E-state index in [-0.39, 0.29) is 5.56 Å². The zero-order valence-corrected chi connectivity index (χ0v) is 8.47. The van der Waals surface area contributed by atoms with Gasteiger partial charge in [-0.05, 0) is 18.4 Å². The van der Waals surface area contributed by atoms with E-state index in [4.69, 9.17) is 0 Å². The molecule has 3 nitrogen and oxygen atoms in total. The molecule has 2 aromatic heterocycles. The predicted molar refractivity (Wildman–Crippen MR) is 57.3 cm³/mol. The van der Waals surface area contributed by atoms with Crippen LogP contribution in [0.2, 0.25) is 0 Å². The molecule has 70 valence electrons. The lowest BCUT2D eigenvalue weighted by Crippen LogP contribution is -2.18. The van der Waals surface area contributed by atoms with Crippen LogP contribution in [0.4, 0.5) is 0 Å². The van der Waals surface area contributed by atoms with Gasteiger partial charge in [-0.1, -0.05) is 5.92 Å². The van der Waals surface area contributed by atoms with Crippen molar-refractivity contribution < 1.29 is 0 Å². The third-order valence-corrected chi connectivity index (χ3v) is 2.75. The topological polar surface area (TPSA) is 34.9 Å². The third kappa shape index (κ3) is 1.42. The van der Waals surface area contributed by atoms with Crippen molar-refractivity contribution in [2.45, 2.75) is 13.5 Å². The van der Waals surface area contributed by atoms with Crippen molar-refractivity contribution in [3.63, 3.8) is 0 Å². The van der Waals surface area contributed by atoms with E-state index in [2.05, 4.69) is 16.8 Å². The van der Waals surface area contributed by atoms with Gasteiger partial charge in [0.1, 0.15) is 4.70 Å². The summed E-state index contributed by atoms with van der Waals surface area (Å²) in [5.41, 5.74) is 0.758. The Bertz CT molecular complexity index is 571. The molecule has 2 aromatic rings. The highest BCUT2D eigenvalue weighted by Gasteiger charge is 2.03. The van der Waals surface area contributed by atoms with E-state index in [9.17, 15) is 4.79 Å². The quantitative estimate of drug-likeness (QED) is 0.659. The fraction of sp³-hybridized carbons (Fsp3) is 0.200. The normalized spacial score (nSPS) is 9.79. The summed E-state index contributed by atoms with van der Waals surface area (Å²) in [5, 5.41) is 1.87. The first-order valence-electron chi connectivity index (χ1n) is 4.15. The highest BCUT2D eigenvalue weighted by molar-refractivity contribution is 7.17. The summed E-state index contributed by atoms with van der Waals surface area (Å²) in [4.78, 5) is 15.9. The number of nitrogens with zero attached hydrogens (tertiary/aromatic N) is 2. The number of aromatic nitrogens is 2. The SMILES string of the molecule is CC#CCn1cnc2ccsc2c1=O. The van der Waals surface area contributed by atoms with E-state index < -0.39 is 0 Å². The number of thiophene rings is 1. The van der Waals surface area contributed by atoms with Gasteiger partial charge in [-0.15, -0.1) is 17.3 Å². The van der Waals surface area contributed by atoms with E-state index in [1.807, 2.05) is 11.4 Å². The van der Waals surface area contributed by atoms with Gasteiger partial charge in [-0.2, -0.15) is 0 Å². The molecule has 0 aromatic carbocycles. The van der Waals surface area contributed by atoms with Crippen molar-refractivity contribution in [3.8, 4) is 11.8 Å². The summed E-state index contributed by atoms with van der Waals surface area (Å²) in [6.45, 7) is 2.16. The molecule has 2 rings (SSSR count). The van der Waals surface area contributed by atoms with Crippen LogP contribution in [0, 0.1) is 11.8 Å². The summed E-state index contributed by atoms with van der Waals surface area (Å²) in [6, 6.07) is 1.84. The molecule has 0 spiro atoms. The van der Waals surface area contributed by atoms with E-state index >= 15 is 0 Å². The van der Waals surface area contributed by atoms with E-state index in [1.165, 1.54) is 15.9 Å². The second-order valence-corrected chi connectivity index (χ2v) is 3.66. The average molecular weight is 204 g/mol. The minimum atomic E-state index is -0.00671. The third-order valence-electron chi connectivity index (χ3n) is 1.86. The van der Waals surface area contributed by atoms with Gasteiger partial charge in [-0.25, -0.2) is 4.98 Å². The molecule has 0 aliphatic rings. The number of hydrogen-bond acceptors (Lipinski definition) is 3. The minimum absolute atomic E-state index is 0.00671. The van der Waals surface area contributed by atoms with Crippen molar-refractivity contribution in [2.75, 3.05) is 0 Å². The predicted octanol–water partition coefficient (Wildman–Crippen LogP) is 1.48. The molecule has 4 heteroatoms. The van der Waals surface area contributed by atoms with Gasteiger partial charge in [0.2, 0.25) is 0 Å². The maximum Gasteiger partial charge on any atom is 0.272 e. The maximum absolute atomic E-state index is 11.8. The molecule has 0 atom stereocenters. The largest absolute Gasteiger partial charge is 0.286 e. The highest BCUT2D eigenvalue weighted by Crippen LogP contribution is 2.12. The standard InChI is InChI=1S/C10H8N2OS/c1-2-3-5-12-7-11-8-4-6-14-9(8)10(12)13/h4,6-7H,5H2,1H3. The molecule has 14 heavy (non-hydrogen) atoms. The summed E-state index contributed by atoms with van der Waals surface area (Å²) in [7, 11) is 0. The molecular weight excluding hydrogens is 196 g/mol. The molecular formula is C10H8N2OS. The lowest BCUT2D eigenvalue weighted by atomic mass is 10.4. The molecule has 0 aliphatic carbocycles. The maximum atomic E-state index is 11.8. The van der Waals surface area contributed by atoms with Gasteiger partial charge in [0, 0.05) is 0 Å². The van der Waals surface area contributed by atoms with Gasteiger partial charge in [0.15, 0.2) is 0 Å². The fourth-order valence-corrected chi connectivity index (χ4v) is 1.95.